The van der Waals surface area contributed by atoms with Gasteiger partial charge in [0, 0.05) is 16.7 Å². The van der Waals surface area contributed by atoms with Gasteiger partial charge in [0.25, 0.3) is 0 Å². The summed E-state index contributed by atoms with van der Waals surface area (Å²) in [5.74, 6) is -0.547. The van der Waals surface area contributed by atoms with Crippen LogP contribution < -0.4 is 0 Å². The molecule has 3 aliphatic rings. The van der Waals surface area contributed by atoms with E-state index in [1.165, 1.54) is 0 Å². The van der Waals surface area contributed by atoms with E-state index in [0.717, 1.165) is 27.8 Å². The van der Waals surface area contributed by atoms with Gasteiger partial charge in [-0.2, -0.15) is 0 Å². The van der Waals surface area contributed by atoms with Gasteiger partial charge < -0.3 is 4.74 Å². The molecule has 3 aromatic carbocycles. The first-order chi connectivity index (χ1) is 13.6. The lowest BCUT2D eigenvalue weighted by Crippen LogP contribution is -2.51. The summed E-state index contributed by atoms with van der Waals surface area (Å²) >= 11 is 0. The second-order valence-electron chi connectivity index (χ2n) is 7.61. The summed E-state index contributed by atoms with van der Waals surface area (Å²) in [6.07, 6.45) is 0. The quantitative estimate of drug-likeness (QED) is 0.605. The van der Waals surface area contributed by atoms with Crippen molar-refractivity contribution >= 4 is 17.3 Å². The molecule has 3 nitrogen and oxygen atoms in total. The van der Waals surface area contributed by atoms with E-state index in [1.807, 2.05) is 72.8 Å². The summed E-state index contributed by atoms with van der Waals surface area (Å²) in [6.45, 7) is 1.76. The third-order valence-electron chi connectivity index (χ3n) is 6.51. The van der Waals surface area contributed by atoms with E-state index in [-0.39, 0.29) is 5.78 Å². The molecule has 3 heteroatoms. The number of Topliss-reactive ketones (excluding diaryl/α,β-unsaturated/α-hetero) is 1. The normalized spacial score (nSPS) is 26.6. The SMILES string of the molecule is CC1=C2c3ccccc3[C@@]3(c4ccccc4)c4ccccc4C(=O)[C@@]23OC1=O. The predicted octanol–water partition coefficient (Wildman–Crippen LogP) is 4.30. The summed E-state index contributed by atoms with van der Waals surface area (Å²) in [5, 5.41) is 0. The van der Waals surface area contributed by atoms with Gasteiger partial charge in [-0.1, -0.05) is 78.9 Å². The average Bonchev–Trinajstić information content (AvgIpc) is 3.24. The van der Waals surface area contributed by atoms with Crippen molar-refractivity contribution in [2.24, 2.45) is 0 Å². The Labute approximate surface area is 162 Å². The number of benzene rings is 3. The van der Waals surface area contributed by atoms with Gasteiger partial charge in [0.05, 0.1) is 5.41 Å². The lowest BCUT2D eigenvalue weighted by Gasteiger charge is -2.38. The molecule has 3 aromatic rings. The number of esters is 1. The Morgan fingerprint density at radius 3 is 2.00 bits per heavy atom. The minimum atomic E-state index is -1.37. The molecule has 0 saturated carbocycles. The third-order valence-corrected chi connectivity index (χ3v) is 6.51. The van der Waals surface area contributed by atoms with Crippen LogP contribution in [0.5, 0.6) is 0 Å². The average molecular weight is 364 g/mol. The number of ketones is 1. The van der Waals surface area contributed by atoms with Crippen LogP contribution in [0, 0.1) is 0 Å². The molecule has 28 heavy (non-hydrogen) atoms. The van der Waals surface area contributed by atoms with Crippen LogP contribution in [0.15, 0.2) is 84.4 Å². The molecule has 2 aliphatic carbocycles. The van der Waals surface area contributed by atoms with E-state index in [4.69, 9.17) is 4.74 Å². The maximum atomic E-state index is 13.9. The van der Waals surface area contributed by atoms with E-state index in [9.17, 15) is 9.59 Å². The highest BCUT2D eigenvalue weighted by Crippen LogP contribution is 2.68. The fourth-order valence-corrected chi connectivity index (χ4v) is 5.57. The molecule has 0 radical (unpaired) electrons. The molecule has 6 rings (SSSR count). The first-order valence-corrected chi connectivity index (χ1v) is 9.38. The molecular formula is C25H16O3. The van der Waals surface area contributed by atoms with Crippen molar-refractivity contribution < 1.29 is 14.3 Å². The van der Waals surface area contributed by atoms with Gasteiger partial charge in [-0.15, -0.1) is 0 Å². The van der Waals surface area contributed by atoms with Crippen LogP contribution in [-0.4, -0.2) is 17.4 Å². The van der Waals surface area contributed by atoms with E-state index in [2.05, 4.69) is 6.07 Å². The van der Waals surface area contributed by atoms with E-state index < -0.39 is 17.0 Å². The summed E-state index contributed by atoms with van der Waals surface area (Å²) in [4.78, 5) is 26.7. The number of fused-ring (bicyclic) bond motifs is 5. The molecular weight excluding hydrogens is 348 g/mol. The molecule has 0 unspecified atom stereocenters. The fraction of sp³-hybridized carbons (Fsp3) is 0.120. The Morgan fingerprint density at radius 1 is 0.714 bits per heavy atom. The zero-order chi connectivity index (χ0) is 19.1. The molecule has 0 N–H and O–H groups in total. The Balaban J connectivity index is 1.90. The van der Waals surface area contributed by atoms with Crippen molar-refractivity contribution in [1.82, 2.24) is 0 Å². The molecule has 0 fully saturated rings. The van der Waals surface area contributed by atoms with Gasteiger partial charge in [-0.05, 0) is 29.2 Å². The second-order valence-corrected chi connectivity index (χ2v) is 7.61. The Morgan fingerprint density at radius 2 is 1.29 bits per heavy atom. The zero-order valence-corrected chi connectivity index (χ0v) is 15.2. The van der Waals surface area contributed by atoms with Crippen molar-refractivity contribution in [3.05, 3.63) is 112 Å². The van der Waals surface area contributed by atoms with E-state index >= 15 is 0 Å². The summed E-state index contributed by atoms with van der Waals surface area (Å²) < 4.78 is 6.08. The van der Waals surface area contributed by atoms with Crippen LogP contribution in [0.3, 0.4) is 0 Å². The van der Waals surface area contributed by atoms with Crippen LogP contribution >= 0.6 is 0 Å². The van der Waals surface area contributed by atoms with Gasteiger partial charge in [0.2, 0.25) is 11.4 Å². The first-order valence-electron chi connectivity index (χ1n) is 9.38. The van der Waals surface area contributed by atoms with Gasteiger partial charge in [0.1, 0.15) is 0 Å². The lowest BCUT2D eigenvalue weighted by molar-refractivity contribution is -0.145. The fourth-order valence-electron chi connectivity index (χ4n) is 5.57. The minimum Gasteiger partial charge on any atom is -0.441 e. The number of ether oxygens (including phenoxy) is 1. The highest BCUT2D eigenvalue weighted by Gasteiger charge is 2.75. The molecule has 0 bridgehead atoms. The molecule has 0 saturated heterocycles. The number of carbonyl (C=O) groups excluding carboxylic acids is 2. The summed E-state index contributed by atoms with van der Waals surface area (Å²) in [7, 11) is 0. The van der Waals surface area contributed by atoms with Crippen molar-refractivity contribution in [3.8, 4) is 0 Å². The van der Waals surface area contributed by atoms with Crippen molar-refractivity contribution in [2.45, 2.75) is 17.9 Å². The van der Waals surface area contributed by atoms with Gasteiger partial charge in [0.15, 0.2) is 0 Å². The second kappa shape index (κ2) is 4.87. The highest BCUT2D eigenvalue weighted by atomic mass is 16.6. The standard InChI is InChI=1S/C25H16O3/c1-15-21-17-11-5-7-13-19(17)24(16-9-3-2-4-10-16)20-14-8-6-12-18(20)22(26)25(21,24)28-23(15)27/h2-14H,1H3/t24-,25-/m0/s1. The van der Waals surface area contributed by atoms with Crippen LogP contribution in [0.4, 0.5) is 0 Å². The number of rotatable bonds is 1. The summed E-state index contributed by atoms with van der Waals surface area (Å²) in [6, 6.07) is 25.6. The molecule has 2 atom stereocenters. The lowest BCUT2D eigenvalue weighted by atomic mass is 9.65. The van der Waals surface area contributed by atoms with E-state index in [1.54, 1.807) is 6.92 Å². The van der Waals surface area contributed by atoms with E-state index in [0.29, 0.717) is 11.1 Å². The maximum absolute atomic E-state index is 13.9. The van der Waals surface area contributed by atoms with Crippen molar-refractivity contribution in [3.63, 3.8) is 0 Å². The van der Waals surface area contributed by atoms with Gasteiger partial charge >= 0.3 is 5.97 Å². The molecule has 1 spiro atoms. The molecule has 1 aliphatic heterocycles. The predicted molar refractivity (Wildman–Crippen MR) is 105 cm³/mol. The minimum absolute atomic E-state index is 0.136. The Kier molecular flexibility index (Phi) is 2.71. The summed E-state index contributed by atoms with van der Waals surface area (Å²) in [5.41, 5.74) is 3.42. The van der Waals surface area contributed by atoms with Gasteiger partial charge in [-0.25, -0.2) is 4.79 Å². The van der Waals surface area contributed by atoms with Crippen molar-refractivity contribution in [2.75, 3.05) is 0 Å². The smallest absolute Gasteiger partial charge is 0.335 e. The number of hydrogen-bond donors (Lipinski definition) is 0. The topological polar surface area (TPSA) is 43.4 Å². The van der Waals surface area contributed by atoms with Crippen LogP contribution in [0.1, 0.15) is 39.5 Å². The maximum Gasteiger partial charge on any atom is 0.335 e. The van der Waals surface area contributed by atoms with Crippen molar-refractivity contribution in [1.29, 1.82) is 0 Å². The third kappa shape index (κ3) is 1.40. The zero-order valence-electron chi connectivity index (χ0n) is 15.2. The molecule has 1 heterocycles. The molecule has 0 amide bonds. The Hall–Kier alpha value is -3.46. The van der Waals surface area contributed by atoms with Crippen LogP contribution in [0.2, 0.25) is 0 Å². The first kappa shape index (κ1) is 15.6. The van der Waals surface area contributed by atoms with Gasteiger partial charge in [-0.3, -0.25) is 4.79 Å². The molecule has 134 valence electrons. The number of carbonyl (C=O) groups is 2. The highest BCUT2D eigenvalue weighted by molar-refractivity contribution is 6.26. The Bertz CT molecular complexity index is 1240. The molecule has 0 aromatic heterocycles. The van der Waals surface area contributed by atoms with Crippen LogP contribution in [0.25, 0.3) is 5.57 Å². The monoisotopic (exact) mass is 364 g/mol. The number of hydrogen-bond acceptors (Lipinski definition) is 3. The van der Waals surface area contributed by atoms with Crippen LogP contribution in [-0.2, 0) is 14.9 Å². The largest absolute Gasteiger partial charge is 0.441 e.